The minimum absolute atomic E-state index is 0.186. The minimum Gasteiger partial charge on any atom is -0.380 e. The monoisotopic (exact) mass is 309 g/mol. The third-order valence-electron chi connectivity index (χ3n) is 3.19. The molecule has 1 fully saturated rings. The Bertz CT molecular complexity index is 512. The van der Waals surface area contributed by atoms with Gasteiger partial charge in [0.25, 0.3) is 5.56 Å². The Kier molecular flexibility index (Phi) is 4.43. The molecule has 1 N–H and O–H groups in total. The predicted molar refractivity (Wildman–Crippen MR) is 75.5 cm³/mol. The number of hydrogen-bond acceptors (Lipinski definition) is 3. The molecule has 96 valence electrons. The van der Waals surface area contributed by atoms with Gasteiger partial charge < -0.3 is 5.32 Å². The van der Waals surface area contributed by atoms with E-state index in [0.717, 1.165) is 18.5 Å². The first-order valence-electron chi connectivity index (χ1n) is 6.18. The lowest BCUT2D eigenvalue weighted by molar-refractivity contribution is 0.462. The molecule has 0 amide bonds. The van der Waals surface area contributed by atoms with Crippen molar-refractivity contribution in [2.75, 3.05) is 5.32 Å². The molecule has 1 heterocycles. The van der Waals surface area contributed by atoms with Gasteiger partial charge in [-0.1, -0.05) is 25.2 Å². The van der Waals surface area contributed by atoms with Gasteiger partial charge in [0.2, 0.25) is 0 Å². The smallest absolute Gasteiger partial charge is 0.284 e. The molecular weight excluding hydrogens is 294 g/mol. The lowest BCUT2D eigenvalue weighted by atomic mass is 9.95. The van der Waals surface area contributed by atoms with Gasteiger partial charge in [-0.25, -0.2) is 4.68 Å². The molecule has 0 saturated heterocycles. The molecule has 5 heteroatoms. The van der Waals surface area contributed by atoms with Gasteiger partial charge in [0, 0.05) is 6.04 Å². The summed E-state index contributed by atoms with van der Waals surface area (Å²) in [6.07, 6.45) is 13.0. The van der Waals surface area contributed by atoms with E-state index in [1.165, 1.54) is 23.9 Å². The van der Waals surface area contributed by atoms with Crippen molar-refractivity contribution in [3.05, 3.63) is 21.0 Å². The van der Waals surface area contributed by atoms with E-state index in [2.05, 4.69) is 32.3 Å². The van der Waals surface area contributed by atoms with E-state index in [0.29, 0.717) is 10.5 Å². The van der Waals surface area contributed by atoms with Crippen LogP contribution in [0.25, 0.3) is 0 Å². The molecule has 1 aromatic rings. The number of terminal acetylenes is 1. The van der Waals surface area contributed by atoms with E-state index >= 15 is 0 Å². The second kappa shape index (κ2) is 6.05. The number of aromatic nitrogens is 2. The van der Waals surface area contributed by atoms with Crippen LogP contribution < -0.4 is 10.9 Å². The maximum atomic E-state index is 11.9. The average Bonchev–Trinajstić information content (AvgIpc) is 2.40. The van der Waals surface area contributed by atoms with Crippen LogP contribution in [0.2, 0.25) is 0 Å². The summed E-state index contributed by atoms with van der Waals surface area (Å²) in [7, 11) is 0. The highest BCUT2D eigenvalue weighted by atomic mass is 79.9. The summed E-state index contributed by atoms with van der Waals surface area (Å²) in [5.41, 5.74) is 0.578. The van der Waals surface area contributed by atoms with Crippen molar-refractivity contribution in [2.24, 2.45) is 0 Å². The Hall–Kier alpha value is -1.28. The zero-order chi connectivity index (χ0) is 13.0. The molecule has 0 bridgehead atoms. The largest absolute Gasteiger partial charge is 0.380 e. The maximum Gasteiger partial charge on any atom is 0.284 e. The van der Waals surface area contributed by atoms with Crippen molar-refractivity contribution >= 4 is 21.6 Å². The molecule has 1 aliphatic carbocycles. The summed E-state index contributed by atoms with van der Waals surface area (Å²) in [4.78, 5) is 11.9. The third kappa shape index (κ3) is 2.94. The van der Waals surface area contributed by atoms with E-state index in [1.807, 2.05) is 0 Å². The van der Waals surface area contributed by atoms with Crippen LogP contribution in [-0.2, 0) is 6.54 Å². The normalized spacial score (nSPS) is 16.2. The van der Waals surface area contributed by atoms with E-state index in [1.54, 1.807) is 6.20 Å². The third-order valence-corrected chi connectivity index (χ3v) is 3.96. The van der Waals surface area contributed by atoms with Gasteiger partial charge in [0.05, 0.1) is 11.9 Å². The van der Waals surface area contributed by atoms with E-state index in [4.69, 9.17) is 6.42 Å². The molecule has 2 rings (SSSR count). The number of anilines is 1. The Morgan fingerprint density at radius 1 is 1.50 bits per heavy atom. The first-order chi connectivity index (χ1) is 8.72. The van der Waals surface area contributed by atoms with Crippen molar-refractivity contribution in [3.63, 3.8) is 0 Å². The minimum atomic E-state index is -0.186. The highest BCUT2D eigenvalue weighted by molar-refractivity contribution is 9.10. The molecule has 18 heavy (non-hydrogen) atoms. The molecule has 1 aromatic heterocycles. The van der Waals surface area contributed by atoms with Gasteiger partial charge >= 0.3 is 0 Å². The highest BCUT2D eigenvalue weighted by Gasteiger charge is 2.16. The number of rotatable bonds is 3. The molecule has 0 atom stereocenters. The van der Waals surface area contributed by atoms with Crippen LogP contribution in [0, 0.1) is 12.3 Å². The second-order valence-corrected chi connectivity index (χ2v) is 5.31. The van der Waals surface area contributed by atoms with Crippen LogP contribution in [-0.4, -0.2) is 15.8 Å². The van der Waals surface area contributed by atoms with Crippen LogP contribution in [0.15, 0.2) is 15.5 Å². The highest BCUT2D eigenvalue weighted by Crippen LogP contribution is 2.24. The van der Waals surface area contributed by atoms with Gasteiger partial charge in [0.15, 0.2) is 0 Å². The van der Waals surface area contributed by atoms with Gasteiger partial charge in [-0.3, -0.25) is 4.79 Å². The summed E-state index contributed by atoms with van der Waals surface area (Å²) in [6, 6.07) is 0.444. The molecule has 0 spiro atoms. The summed E-state index contributed by atoms with van der Waals surface area (Å²) in [6.45, 7) is 0.196. The Morgan fingerprint density at radius 2 is 2.22 bits per heavy atom. The molecule has 4 nitrogen and oxygen atoms in total. The Balaban J connectivity index is 2.16. The SMILES string of the molecule is C#CCn1ncc(NC2CCCCC2)c(Br)c1=O. The quantitative estimate of drug-likeness (QED) is 0.872. The standard InChI is InChI=1S/C13H16BrN3O/c1-2-8-17-13(18)12(14)11(9-15-17)16-10-6-4-3-5-7-10/h1,9-10,16H,3-8H2. The number of nitrogens with one attached hydrogen (secondary N) is 1. The van der Waals surface area contributed by atoms with Crippen LogP contribution in [0.1, 0.15) is 32.1 Å². The van der Waals surface area contributed by atoms with Gasteiger partial charge in [-0.2, -0.15) is 5.10 Å². The van der Waals surface area contributed by atoms with Gasteiger partial charge in [-0.05, 0) is 28.8 Å². The predicted octanol–water partition coefficient (Wildman–Crippen LogP) is 2.38. The zero-order valence-corrected chi connectivity index (χ0v) is 11.7. The van der Waals surface area contributed by atoms with Crippen molar-refractivity contribution in [1.82, 2.24) is 9.78 Å². The summed E-state index contributed by atoms with van der Waals surface area (Å²) in [5, 5.41) is 7.45. The van der Waals surface area contributed by atoms with E-state index in [9.17, 15) is 4.79 Å². The second-order valence-electron chi connectivity index (χ2n) is 4.52. The van der Waals surface area contributed by atoms with Crippen molar-refractivity contribution in [1.29, 1.82) is 0 Å². The Labute approximate surface area is 115 Å². The van der Waals surface area contributed by atoms with Crippen LogP contribution in [0.4, 0.5) is 5.69 Å². The van der Waals surface area contributed by atoms with Crippen LogP contribution >= 0.6 is 15.9 Å². The molecule has 0 aliphatic heterocycles. The molecule has 1 aliphatic rings. The summed E-state index contributed by atoms with van der Waals surface area (Å²) >= 11 is 3.32. The first-order valence-corrected chi connectivity index (χ1v) is 6.97. The van der Waals surface area contributed by atoms with Crippen LogP contribution in [0.3, 0.4) is 0 Å². The first kappa shape index (κ1) is 13.2. The van der Waals surface area contributed by atoms with Crippen LogP contribution in [0.5, 0.6) is 0 Å². The fourth-order valence-electron chi connectivity index (χ4n) is 2.23. The zero-order valence-electron chi connectivity index (χ0n) is 10.2. The number of halogens is 1. The van der Waals surface area contributed by atoms with Gasteiger partial charge in [0.1, 0.15) is 11.0 Å². The lowest BCUT2D eigenvalue weighted by Gasteiger charge is -2.24. The number of hydrogen-bond donors (Lipinski definition) is 1. The van der Waals surface area contributed by atoms with Crippen molar-refractivity contribution in [2.45, 2.75) is 44.7 Å². The van der Waals surface area contributed by atoms with Crippen molar-refractivity contribution < 1.29 is 0 Å². The fraction of sp³-hybridized carbons (Fsp3) is 0.538. The van der Waals surface area contributed by atoms with E-state index in [-0.39, 0.29) is 12.1 Å². The molecule has 1 saturated carbocycles. The van der Waals surface area contributed by atoms with E-state index < -0.39 is 0 Å². The maximum absolute atomic E-state index is 11.9. The lowest BCUT2D eigenvalue weighted by Crippen LogP contribution is -2.27. The summed E-state index contributed by atoms with van der Waals surface area (Å²) < 4.78 is 1.79. The average molecular weight is 310 g/mol. The fourth-order valence-corrected chi connectivity index (χ4v) is 2.65. The molecular formula is C13H16BrN3O. The molecule has 0 unspecified atom stereocenters. The van der Waals surface area contributed by atoms with Gasteiger partial charge in [-0.15, -0.1) is 6.42 Å². The molecule has 0 aromatic carbocycles. The molecule has 0 radical (unpaired) electrons. The van der Waals surface area contributed by atoms with Crippen molar-refractivity contribution in [3.8, 4) is 12.3 Å². The summed E-state index contributed by atoms with van der Waals surface area (Å²) in [5.74, 6) is 2.41. The topological polar surface area (TPSA) is 46.9 Å². The number of nitrogens with zero attached hydrogens (tertiary/aromatic N) is 2. The Morgan fingerprint density at radius 3 is 2.89 bits per heavy atom.